The molecule has 1 aliphatic rings. The summed E-state index contributed by atoms with van der Waals surface area (Å²) in [6.07, 6.45) is -1.99. The van der Waals surface area contributed by atoms with Crippen molar-refractivity contribution in [2.45, 2.75) is 63.4 Å². The summed E-state index contributed by atoms with van der Waals surface area (Å²) < 4.78 is 41.8. The fourth-order valence-electron chi connectivity index (χ4n) is 5.40. The van der Waals surface area contributed by atoms with Crippen molar-refractivity contribution >= 4 is 5.78 Å². The zero-order valence-corrected chi connectivity index (χ0v) is 23.1. The molecule has 1 heterocycles. The first-order valence-corrected chi connectivity index (χ1v) is 13.9. The first-order chi connectivity index (χ1) is 20.1. The molecule has 0 bridgehead atoms. The van der Waals surface area contributed by atoms with Gasteiger partial charge in [-0.1, -0.05) is 60.2 Å². The van der Waals surface area contributed by atoms with E-state index in [2.05, 4.69) is 22.5 Å². The lowest BCUT2D eigenvalue weighted by atomic mass is 9.89. The molecule has 1 saturated carbocycles. The van der Waals surface area contributed by atoms with Gasteiger partial charge in [0, 0.05) is 18.5 Å². The van der Waals surface area contributed by atoms with Crippen LogP contribution in [-0.4, -0.2) is 32.8 Å². The maximum absolute atomic E-state index is 13.6. The number of aliphatic hydroxyl groups is 1. The van der Waals surface area contributed by atoms with Crippen molar-refractivity contribution < 1.29 is 23.1 Å². The minimum Gasteiger partial charge on any atom is -0.393 e. The van der Waals surface area contributed by atoms with E-state index in [4.69, 9.17) is 0 Å². The Kier molecular flexibility index (Phi) is 8.57. The van der Waals surface area contributed by atoms with Gasteiger partial charge in [0.05, 0.1) is 29.5 Å². The topological polar surface area (TPSA) is 90.9 Å². The van der Waals surface area contributed by atoms with Crippen molar-refractivity contribution in [2.24, 2.45) is 0 Å². The number of halogens is 3. The molecule has 3 aromatic carbocycles. The van der Waals surface area contributed by atoms with Crippen molar-refractivity contribution in [3.8, 4) is 11.8 Å². The molecule has 4 aromatic rings. The van der Waals surface area contributed by atoms with Crippen LogP contribution in [0.1, 0.15) is 75.7 Å². The van der Waals surface area contributed by atoms with Gasteiger partial charge in [-0.2, -0.15) is 23.5 Å². The lowest BCUT2D eigenvalue weighted by molar-refractivity contribution is -0.141. The van der Waals surface area contributed by atoms with Crippen LogP contribution >= 0.6 is 0 Å². The number of nitriles is 1. The molecular weight excluding hydrogens is 541 g/mol. The molecule has 42 heavy (non-hydrogen) atoms. The maximum Gasteiger partial charge on any atom is 0.435 e. The van der Waals surface area contributed by atoms with E-state index in [-0.39, 0.29) is 41.6 Å². The molecular formula is C33H31F3N4O2. The minimum atomic E-state index is -4.74. The highest BCUT2D eigenvalue weighted by Gasteiger charge is 2.36. The number of hydrogen-bond donors (Lipinski definition) is 2. The molecule has 1 fully saturated rings. The molecule has 6 nitrogen and oxygen atoms in total. The Morgan fingerprint density at radius 2 is 1.74 bits per heavy atom. The summed E-state index contributed by atoms with van der Waals surface area (Å²) >= 11 is 0. The number of alkyl halides is 3. The number of benzene rings is 3. The third-order valence-electron chi connectivity index (χ3n) is 7.66. The fraction of sp³-hybridized carbons (Fsp3) is 0.303. The summed E-state index contributed by atoms with van der Waals surface area (Å²) in [5.74, 6) is -0.529. The number of aryl methyl sites for hydroxylation is 1. The van der Waals surface area contributed by atoms with Crippen LogP contribution in [0.4, 0.5) is 13.2 Å². The van der Waals surface area contributed by atoms with Gasteiger partial charge in [-0.15, -0.1) is 0 Å². The van der Waals surface area contributed by atoms with E-state index in [1.807, 2.05) is 43.3 Å². The molecule has 9 heteroatoms. The number of hydrogen-bond acceptors (Lipinski definition) is 5. The van der Waals surface area contributed by atoms with Crippen molar-refractivity contribution in [1.82, 2.24) is 15.1 Å². The van der Waals surface area contributed by atoms with E-state index in [0.717, 1.165) is 53.1 Å². The van der Waals surface area contributed by atoms with Gasteiger partial charge in [0.15, 0.2) is 11.5 Å². The van der Waals surface area contributed by atoms with Crippen LogP contribution in [0.25, 0.3) is 5.69 Å². The molecule has 2 N–H and O–H groups in total. The van der Waals surface area contributed by atoms with Gasteiger partial charge in [0.1, 0.15) is 5.69 Å². The molecule has 0 saturated heterocycles. The third kappa shape index (κ3) is 6.78. The Hall–Kier alpha value is -4.26. The Morgan fingerprint density at radius 3 is 2.43 bits per heavy atom. The zero-order valence-electron chi connectivity index (χ0n) is 23.1. The number of nitrogens with zero attached hydrogens (tertiary/aromatic N) is 3. The van der Waals surface area contributed by atoms with Gasteiger partial charge in [-0.3, -0.25) is 4.79 Å². The van der Waals surface area contributed by atoms with Crippen LogP contribution in [0.5, 0.6) is 0 Å². The summed E-state index contributed by atoms with van der Waals surface area (Å²) in [4.78, 5) is 13.5. The van der Waals surface area contributed by atoms with E-state index in [1.54, 1.807) is 6.07 Å². The number of nitrogens with one attached hydrogen (secondary N) is 1. The van der Waals surface area contributed by atoms with E-state index in [0.29, 0.717) is 5.56 Å². The van der Waals surface area contributed by atoms with Gasteiger partial charge < -0.3 is 10.4 Å². The Morgan fingerprint density at radius 1 is 1.02 bits per heavy atom. The lowest BCUT2D eigenvalue weighted by Crippen LogP contribution is -2.37. The summed E-state index contributed by atoms with van der Waals surface area (Å²) in [5.41, 5.74) is 2.82. The van der Waals surface area contributed by atoms with E-state index < -0.39 is 17.7 Å². The third-order valence-corrected chi connectivity index (χ3v) is 7.66. The number of Topliss-reactive ketones (excluding diaryl/α,β-unsaturated/α-hetero) is 1. The average molecular weight is 573 g/mol. The molecule has 1 aliphatic carbocycles. The van der Waals surface area contributed by atoms with Crippen molar-refractivity contribution in [1.29, 1.82) is 5.26 Å². The maximum atomic E-state index is 13.6. The first kappa shape index (κ1) is 29.2. The normalized spacial score (nSPS) is 17.9. The predicted octanol–water partition coefficient (Wildman–Crippen LogP) is 6.48. The molecule has 0 amide bonds. The van der Waals surface area contributed by atoms with Gasteiger partial charge in [0.25, 0.3) is 0 Å². The second kappa shape index (κ2) is 12.3. The van der Waals surface area contributed by atoms with E-state index >= 15 is 0 Å². The smallest absolute Gasteiger partial charge is 0.393 e. The molecule has 1 unspecified atom stereocenters. The monoisotopic (exact) mass is 572 g/mol. The molecule has 216 valence electrons. The standard InChI is InChI=1S/C33H31F3N4O2/c1-21-8-10-24(11-9-21)32(38-26-12-14-28(41)15-13-26)25-6-2-4-22(16-25)18-30(42)29-19-31(33(34,35)36)39-40(29)27-7-3-5-23(17-27)20-37/h2-11,16-17,19,26,28,32,38,41H,12-15,18H2,1H3/t26-,28-,32?. The zero-order chi connectivity index (χ0) is 29.9. The summed E-state index contributed by atoms with van der Waals surface area (Å²) in [6.45, 7) is 2.02. The van der Waals surface area contributed by atoms with Crippen LogP contribution in [0.3, 0.4) is 0 Å². The first-order valence-electron chi connectivity index (χ1n) is 13.9. The van der Waals surface area contributed by atoms with E-state index in [1.165, 1.54) is 24.3 Å². The SMILES string of the molecule is Cc1ccc(C(N[C@H]2CC[C@H](O)CC2)c2cccc(CC(=O)c3cc(C(F)(F)F)nn3-c3cccc(C#N)c3)c2)cc1. The molecule has 5 rings (SSSR count). The Balaban J connectivity index is 1.45. The largest absolute Gasteiger partial charge is 0.435 e. The van der Waals surface area contributed by atoms with Gasteiger partial charge >= 0.3 is 6.18 Å². The highest BCUT2D eigenvalue weighted by atomic mass is 19.4. The number of carbonyl (C=O) groups excluding carboxylic acids is 1. The fourth-order valence-corrected chi connectivity index (χ4v) is 5.40. The molecule has 0 aliphatic heterocycles. The predicted molar refractivity (Wildman–Crippen MR) is 152 cm³/mol. The van der Waals surface area contributed by atoms with E-state index in [9.17, 15) is 28.3 Å². The molecule has 1 atom stereocenters. The minimum absolute atomic E-state index is 0.134. The van der Waals surface area contributed by atoms with Crippen LogP contribution in [0, 0.1) is 18.3 Å². The molecule has 1 aromatic heterocycles. The van der Waals surface area contributed by atoms with Crippen LogP contribution < -0.4 is 5.32 Å². The molecule has 0 spiro atoms. The quantitative estimate of drug-likeness (QED) is 0.236. The van der Waals surface area contributed by atoms with Gasteiger partial charge in [0.2, 0.25) is 0 Å². The number of aromatic nitrogens is 2. The second-order valence-electron chi connectivity index (χ2n) is 10.8. The summed E-state index contributed by atoms with van der Waals surface area (Å²) in [5, 5.41) is 26.6. The number of rotatable bonds is 8. The van der Waals surface area contributed by atoms with Crippen molar-refractivity contribution in [2.75, 3.05) is 0 Å². The average Bonchev–Trinajstić information content (AvgIpc) is 3.45. The Labute approximate surface area is 242 Å². The Bertz CT molecular complexity index is 1600. The lowest BCUT2D eigenvalue weighted by Gasteiger charge is -2.31. The van der Waals surface area contributed by atoms with Crippen LogP contribution in [-0.2, 0) is 12.6 Å². The number of ketones is 1. The summed E-state index contributed by atoms with van der Waals surface area (Å²) in [6, 6.07) is 24.5. The summed E-state index contributed by atoms with van der Waals surface area (Å²) in [7, 11) is 0. The number of aliphatic hydroxyl groups excluding tert-OH is 1. The number of carbonyl (C=O) groups is 1. The van der Waals surface area contributed by atoms with Gasteiger partial charge in [-0.25, -0.2) is 4.68 Å². The highest BCUT2D eigenvalue weighted by Crippen LogP contribution is 2.31. The van der Waals surface area contributed by atoms with Crippen molar-refractivity contribution in [3.05, 3.63) is 118 Å². The van der Waals surface area contributed by atoms with Gasteiger partial charge in [-0.05, 0) is 67.5 Å². The second-order valence-corrected chi connectivity index (χ2v) is 10.8. The van der Waals surface area contributed by atoms with Crippen LogP contribution in [0.2, 0.25) is 0 Å². The van der Waals surface area contributed by atoms with Crippen LogP contribution in [0.15, 0.2) is 78.9 Å². The highest BCUT2D eigenvalue weighted by molar-refractivity contribution is 5.96. The van der Waals surface area contributed by atoms with Crippen molar-refractivity contribution in [3.63, 3.8) is 0 Å². The molecule has 0 radical (unpaired) electrons.